The van der Waals surface area contributed by atoms with Crippen LogP contribution in [0.3, 0.4) is 0 Å². The van der Waals surface area contributed by atoms with Gasteiger partial charge in [-0.3, -0.25) is 0 Å². The first-order valence-electron chi connectivity index (χ1n) is 8.09. The van der Waals surface area contributed by atoms with Crippen molar-refractivity contribution in [1.82, 2.24) is 0 Å². The summed E-state index contributed by atoms with van der Waals surface area (Å²) in [7, 11) is 1.40. The van der Waals surface area contributed by atoms with Crippen LogP contribution in [-0.2, 0) is 11.2 Å². The van der Waals surface area contributed by atoms with Crippen LogP contribution in [0.15, 0.2) is 72.8 Å². The number of esters is 1. The molecule has 24 heavy (non-hydrogen) atoms. The van der Waals surface area contributed by atoms with Crippen molar-refractivity contribution in [1.29, 1.82) is 0 Å². The van der Waals surface area contributed by atoms with Crippen molar-refractivity contribution in [2.45, 2.75) is 12.8 Å². The SMILES string of the molecule is COC(=O)c1ccc2cc(C=CCCc3ccccc3)ccc2c1. The van der Waals surface area contributed by atoms with E-state index in [9.17, 15) is 4.79 Å². The third kappa shape index (κ3) is 3.90. The first-order valence-corrected chi connectivity index (χ1v) is 8.09. The lowest BCUT2D eigenvalue weighted by atomic mass is 10.0. The molecular formula is C22H20O2. The number of rotatable bonds is 5. The molecular weight excluding hydrogens is 296 g/mol. The predicted octanol–water partition coefficient (Wildman–Crippen LogP) is 5.27. The van der Waals surface area contributed by atoms with Crippen LogP contribution < -0.4 is 0 Å². The molecule has 2 heteroatoms. The highest BCUT2D eigenvalue weighted by atomic mass is 16.5. The fourth-order valence-electron chi connectivity index (χ4n) is 2.73. The van der Waals surface area contributed by atoms with Crippen LogP contribution in [0.25, 0.3) is 16.8 Å². The van der Waals surface area contributed by atoms with Gasteiger partial charge in [-0.25, -0.2) is 4.79 Å². The summed E-state index contributed by atoms with van der Waals surface area (Å²) in [6.45, 7) is 0. The molecule has 2 nitrogen and oxygen atoms in total. The number of carbonyl (C=O) groups is 1. The number of allylic oxidation sites excluding steroid dienone is 1. The average Bonchev–Trinajstić information content (AvgIpc) is 2.65. The Balaban J connectivity index is 1.69. The van der Waals surface area contributed by atoms with E-state index in [-0.39, 0.29) is 5.97 Å². The fourth-order valence-corrected chi connectivity index (χ4v) is 2.73. The number of methoxy groups -OCH3 is 1. The minimum absolute atomic E-state index is 0.304. The van der Waals surface area contributed by atoms with E-state index in [1.165, 1.54) is 18.2 Å². The molecule has 0 aliphatic carbocycles. The van der Waals surface area contributed by atoms with Gasteiger partial charge in [-0.05, 0) is 52.9 Å². The number of carbonyl (C=O) groups excluding carboxylic acids is 1. The second-order valence-corrected chi connectivity index (χ2v) is 5.74. The summed E-state index contributed by atoms with van der Waals surface area (Å²) >= 11 is 0. The molecule has 0 heterocycles. The number of aryl methyl sites for hydroxylation is 1. The van der Waals surface area contributed by atoms with Crippen molar-refractivity contribution in [3.05, 3.63) is 89.5 Å². The van der Waals surface area contributed by atoms with Gasteiger partial charge in [0.15, 0.2) is 0 Å². The fraction of sp³-hybridized carbons (Fsp3) is 0.136. The lowest BCUT2D eigenvalue weighted by Crippen LogP contribution is -2.00. The molecule has 0 saturated carbocycles. The maximum atomic E-state index is 11.6. The van der Waals surface area contributed by atoms with Crippen molar-refractivity contribution in [2.24, 2.45) is 0 Å². The van der Waals surface area contributed by atoms with Crippen LogP contribution in [0.5, 0.6) is 0 Å². The highest BCUT2D eigenvalue weighted by Crippen LogP contribution is 2.19. The zero-order valence-corrected chi connectivity index (χ0v) is 13.7. The summed E-state index contributed by atoms with van der Waals surface area (Å²) in [6, 6.07) is 22.4. The van der Waals surface area contributed by atoms with Gasteiger partial charge in [0, 0.05) is 0 Å². The lowest BCUT2D eigenvalue weighted by Gasteiger charge is -2.03. The van der Waals surface area contributed by atoms with E-state index in [1.807, 2.05) is 24.3 Å². The molecule has 0 bridgehead atoms. The molecule has 0 amide bonds. The smallest absolute Gasteiger partial charge is 0.337 e. The normalized spacial score (nSPS) is 11.0. The minimum atomic E-state index is -0.304. The van der Waals surface area contributed by atoms with Gasteiger partial charge in [0.25, 0.3) is 0 Å². The zero-order valence-electron chi connectivity index (χ0n) is 13.7. The third-order valence-corrected chi connectivity index (χ3v) is 4.04. The average molecular weight is 316 g/mol. The summed E-state index contributed by atoms with van der Waals surface area (Å²) < 4.78 is 4.76. The quantitative estimate of drug-likeness (QED) is 0.599. The van der Waals surface area contributed by atoms with Gasteiger partial charge >= 0.3 is 5.97 Å². The first kappa shape index (κ1) is 16.0. The van der Waals surface area contributed by atoms with Gasteiger partial charge in [0.2, 0.25) is 0 Å². The maximum absolute atomic E-state index is 11.6. The van der Waals surface area contributed by atoms with Crippen molar-refractivity contribution in [3.63, 3.8) is 0 Å². The van der Waals surface area contributed by atoms with Crippen molar-refractivity contribution in [2.75, 3.05) is 7.11 Å². The standard InChI is InChI=1S/C22H20O2/c1-24-22(23)21-14-13-19-15-18(11-12-20(19)16-21)10-6-5-9-17-7-3-2-4-8-17/h2-4,6-8,10-16H,5,9H2,1H3. The van der Waals surface area contributed by atoms with Crippen LogP contribution in [0.1, 0.15) is 27.9 Å². The molecule has 120 valence electrons. The highest BCUT2D eigenvalue weighted by molar-refractivity contribution is 5.95. The van der Waals surface area contributed by atoms with Crippen LogP contribution >= 0.6 is 0 Å². The molecule has 0 aliphatic heterocycles. The Labute approximate surface area is 142 Å². The van der Waals surface area contributed by atoms with E-state index in [1.54, 1.807) is 6.07 Å². The van der Waals surface area contributed by atoms with E-state index >= 15 is 0 Å². The molecule has 0 aliphatic rings. The van der Waals surface area contributed by atoms with Gasteiger partial charge in [0.1, 0.15) is 0 Å². The van der Waals surface area contributed by atoms with E-state index in [2.05, 4.69) is 48.6 Å². The van der Waals surface area contributed by atoms with Gasteiger partial charge in [0.05, 0.1) is 12.7 Å². The zero-order chi connectivity index (χ0) is 16.8. The number of ether oxygens (including phenoxy) is 1. The Hall–Kier alpha value is -2.87. The van der Waals surface area contributed by atoms with Crippen molar-refractivity contribution < 1.29 is 9.53 Å². The molecule has 0 radical (unpaired) electrons. The van der Waals surface area contributed by atoms with E-state index in [0.717, 1.165) is 23.6 Å². The molecule has 0 atom stereocenters. The monoisotopic (exact) mass is 316 g/mol. The summed E-state index contributed by atoms with van der Waals surface area (Å²) in [5.41, 5.74) is 3.11. The minimum Gasteiger partial charge on any atom is -0.465 e. The molecule has 0 aromatic heterocycles. The highest BCUT2D eigenvalue weighted by Gasteiger charge is 2.05. The Kier molecular flexibility index (Phi) is 5.07. The lowest BCUT2D eigenvalue weighted by molar-refractivity contribution is 0.0601. The number of hydrogen-bond acceptors (Lipinski definition) is 2. The van der Waals surface area contributed by atoms with Crippen LogP contribution in [-0.4, -0.2) is 13.1 Å². The van der Waals surface area contributed by atoms with Crippen LogP contribution in [0, 0.1) is 0 Å². The van der Waals surface area contributed by atoms with Gasteiger partial charge in [-0.2, -0.15) is 0 Å². The Morgan fingerprint density at radius 3 is 2.50 bits per heavy atom. The predicted molar refractivity (Wildman–Crippen MR) is 99.1 cm³/mol. The molecule has 3 rings (SSSR count). The summed E-state index contributed by atoms with van der Waals surface area (Å²) in [4.78, 5) is 11.6. The Morgan fingerprint density at radius 2 is 1.71 bits per heavy atom. The maximum Gasteiger partial charge on any atom is 0.337 e. The first-order chi connectivity index (χ1) is 11.8. The van der Waals surface area contributed by atoms with Gasteiger partial charge in [-0.1, -0.05) is 60.7 Å². The molecule has 0 unspecified atom stereocenters. The van der Waals surface area contributed by atoms with Crippen LogP contribution in [0.4, 0.5) is 0 Å². The summed E-state index contributed by atoms with van der Waals surface area (Å²) in [6.07, 6.45) is 6.42. The van der Waals surface area contributed by atoms with Crippen molar-refractivity contribution in [3.8, 4) is 0 Å². The number of hydrogen-bond donors (Lipinski definition) is 0. The summed E-state index contributed by atoms with van der Waals surface area (Å²) in [5.74, 6) is -0.304. The number of fused-ring (bicyclic) bond motifs is 1. The summed E-state index contributed by atoms with van der Waals surface area (Å²) in [5, 5.41) is 2.16. The topological polar surface area (TPSA) is 26.3 Å². The Bertz CT molecular complexity index is 864. The second kappa shape index (κ2) is 7.60. The third-order valence-electron chi connectivity index (χ3n) is 4.04. The molecule has 3 aromatic rings. The van der Waals surface area contributed by atoms with E-state index in [0.29, 0.717) is 5.56 Å². The number of benzene rings is 3. The van der Waals surface area contributed by atoms with Crippen molar-refractivity contribution >= 4 is 22.8 Å². The molecule has 0 saturated heterocycles. The second-order valence-electron chi connectivity index (χ2n) is 5.74. The molecule has 3 aromatic carbocycles. The van der Waals surface area contributed by atoms with E-state index in [4.69, 9.17) is 4.74 Å². The molecule has 0 N–H and O–H groups in total. The Morgan fingerprint density at radius 1 is 0.958 bits per heavy atom. The molecule has 0 fully saturated rings. The van der Waals surface area contributed by atoms with Gasteiger partial charge in [-0.15, -0.1) is 0 Å². The van der Waals surface area contributed by atoms with Crippen LogP contribution in [0.2, 0.25) is 0 Å². The van der Waals surface area contributed by atoms with E-state index < -0.39 is 0 Å². The largest absolute Gasteiger partial charge is 0.465 e. The molecule has 0 spiro atoms. The van der Waals surface area contributed by atoms with Gasteiger partial charge < -0.3 is 4.74 Å².